The standard InChI is InChI=1S/C21H30N4O4/c1-8-11-29-19(27)16-14(3)22-15(4)23-17(16)18(26)24-9-10-25(13(2)12-24)20(28)21(5,6)7/h8,13H,1,9-12H2,2-7H3. The third kappa shape index (κ3) is 4.99. The van der Waals surface area contributed by atoms with Gasteiger partial charge in [0.2, 0.25) is 5.91 Å². The molecule has 1 atom stereocenters. The van der Waals surface area contributed by atoms with Gasteiger partial charge in [-0.3, -0.25) is 9.59 Å². The van der Waals surface area contributed by atoms with Crippen LogP contribution in [0.1, 0.15) is 60.1 Å². The lowest BCUT2D eigenvalue weighted by Crippen LogP contribution is -2.57. The predicted octanol–water partition coefficient (Wildman–Crippen LogP) is 2.16. The van der Waals surface area contributed by atoms with Gasteiger partial charge in [0.15, 0.2) is 0 Å². The fraction of sp³-hybridized carbons (Fsp3) is 0.571. The van der Waals surface area contributed by atoms with Gasteiger partial charge >= 0.3 is 5.97 Å². The Hall–Kier alpha value is -2.77. The van der Waals surface area contributed by atoms with Crippen LogP contribution in [0.5, 0.6) is 0 Å². The van der Waals surface area contributed by atoms with Crippen LogP contribution in [0.4, 0.5) is 0 Å². The highest BCUT2D eigenvalue weighted by Crippen LogP contribution is 2.23. The van der Waals surface area contributed by atoms with E-state index in [0.717, 1.165) is 0 Å². The van der Waals surface area contributed by atoms with Gasteiger partial charge in [0, 0.05) is 31.1 Å². The predicted molar refractivity (Wildman–Crippen MR) is 109 cm³/mol. The molecule has 1 fully saturated rings. The molecule has 0 aromatic carbocycles. The molecule has 8 nitrogen and oxygen atoms in total. The maximum atomic E-state index is 13.2. The van der Waals surface area contributed by atoms with Crippen molar-refractivity contribution in [3.8, 4) is 0 Å². The van der Waals surface area contributed by atoms with Crippen LogP contribution in [-0.4, -0.2) is 69.8 Å². The minimum atomic E-state index is -0.652. The number of carbonyl (C=O) groups is 3. The molecule has 0 bridgehead atoms. The second kappa shape index (κ2) is 8.71. The first-order valence-corrected chi connectivity index (χ1v) is 9.71. The van der Waals surface area contributed by atoms with E-state index in [4.69, 9.17) is 4.74 Å². The second-order valence-electron chi connectivity index (χ2n) is 8.32. The van der Waals surface area contributed by atoms with Gasteiger partial charge in [-0.15, -0.1) is 0 Å². The number of aryl methyl sites for hydroxylation is 2. The van der Waals surface area contributed by atoms with Gasteiger partial charge in [0.25, 0.3) is 5.91 Å². The van der Waals surface area contributed by atoms with Crippen LogP contribution in [-0.2, 0) is 9.53 Å². The molecule has 0 radical (unpaired) electrons. The maximum absolute atomic E-state index is 13.2. The number of aromatic nitrogens is 2. The summed E-state index contributed by atoms with van der Waals surface area (Å²) in [6.07, 6.45) is 1.46. The molecule has 0 N–H and O–H groups in total. The van der Waals surface area contributed by atoms with Gasteiger partial charge in [0.05, 0.1) is 5.69 Å². The average Bonchev–Trinajstić information content (AvgIpc) is 2.63. The molecule has 158 valence electrons. The van der Waals surface area contributed by atoms with Gasteiger partial charge in [-0.2, -0.15) is 0 Å². The SMILES string of the molecule is C=CCOC(=O)c1c(C)nc(C)nc1C(=O)N1CCN(C(=O)C(C)(C)C)C(C)C1. The number of hydrogen-bond donors (Lipinski definition) is 0. The van der Waals surface area contributed by atoms with Crippen LogP contribution in [0.25, 0.3) is 0 Å². The zero-order valence-electron chi connectivity index (χ0n) is 18.1. The van der Waals surface area contributed by atoms with Crippen molar-refractivity contribution in [3.63, 3.8) is 0 Å². The average molecular weight is 402 g/mol. The van der Waals surface area contributed by atoms with Crippen LogP contribution in [0.3, 0.4) is 0 Å². The van der Waals surface area contributed by atoms with Crippen molar-refractivity contribution in [2.24, 2.45) is 5.41 Å². The highest BCUT2D eigenvalue weighted by Gasteiger charge is 2.36. The Morgan fingerprint density at radius 3 is 2.41 bits per heavy atom. The molecule has 1 aromatic heterocycles. The first kappa shape index (κ1) is 22.5. The third-order valence-electron chi connectivity index (χ3n) is 4.76. The Morgan fingerprint density at radius 1 is 1.21 bits per heavy atom. The van der Waals surface area contributed by atoms with Crippen molar-refractivity contribution >= 4 is 17.8 Å². The van der Waals surface area contributed by atoms with Crippen molar-refractivity contribution in [2.45, 2.75) is 47.6 Å². The van der Waals surface area contributed by atoms with E-state index in [1.807, 2.05) is 27.7 Å². The molecular weight excluding hydrogens is 372 g/mol. The minimum absolute atomic E-state index is 0.0321. The molecule has 1 unspecified atom stereocenters. The van der Waals surface area contributed by atoms with E-state index in [-0.39, 0.29) is 35.7 Å². The van der Waals surface area contributed by atoms with Gasteiger partial charge in [-0.1, -0.05) is 33.4 Å². The number of amides is 2. The molecule has 8 heteroatoms. The summed E-state index contributed by atoms with van der Waals surface area (Å²) >= 11 is 0. The first-order chi connectivity index (χ1) is 13.5. The molecule has 29 heavy (non-hydrogen) atoms. The summed E-state index contributed by atoms with van der Waals surface area (Å²) in [6.45, 7) is 15.6. The topological polar surface area (TPSA) is 92.7 Å². The van der Waals surface area contributed by atoms with Crippen molar-refractivity contribution < 1.29 is 19.1 Å². The zero-order valence-corrected chi connectivity index (χ0v) is 18.1. The number of carbonyl (C=O) groups excluding carboxylic acids is 3. The van der Waals surface area contributed by atoms with E-state index in [2.05, 4.69) is 16.5 Å². The number of piperazine rings is 1. The summed E-state index contributed by atoms with van der Waals surface area (Å²) in [4.78, 5) is 50.2. The van der Waals surface area contributed by atoms with E-state index in [0.29, 0.717) is 31.2 Å². The molecule has 2 rings (SSSR count). The Kier molecular flexibility index (Phi) is 6.77. The molecule has 1 aliphatic rings. The molecule has 1 saturated heterocycles. The molecule has 0 spiro atoms. The van der Waals surface area contributed by atoms with E-state index < -0.39 is 11.4 Å². The fourth-order valence-corrected chi connectivity index (χ4v) is 3.34. The van der Waals surface area contributed by atoms with E-state index in [1.54, 1.807) is 23.6 Å². The summed E-state index contributed by atoms with van der Waals surface area (Å²) in [5, 5.41) is 0. The number of esters is 1. The van der Waals surface area contributed by atoms with Gasteiger partial charge in [-0.25, -0.2) is 14.8 Å². The van der Waals surface area contributed by atoms with Crippen molar-refractivity contribution in [3.05, 3.63) is 35.4 Å². The van der Waals surface area contributed by atoms with E-state index >= 15 is 0 Å². The lowest BCUT2D eigenvalue weighted by molar-refractivity contribution is -0.143. The van der Waals surface area contributed by atoms with Crippen molar-refractivity contribution in [1.29, 1.82) is 0 Å². The second-order valence-corrected chi connectivity index (χ2v) is 8.32. The quantitative estimate of drug-likeness (QED) is 0.566. The zero-order chi connectivity index (χ0) is 21.9. The first-order valence-electron chi connectivity index (χ1n) is 9.71. The molecule has 1 aromatic rings. The fourth-order valence-electron chi connectivity index (χ4n) is 3.34. The summed E-state index contributed by atoms with van der Waals surface area (Å²) in [7, 11) is 0. The lowest BCUT2D eigenvalue weighted by atomic mass is 9.93. The Balaban J connectivity index is 2.28. The summed E-state index contributed by atoms with van der Waals surface area (Å²) < 4.78 is 5.12. The molecule has 2 heterocycles. The maximum Gasteiger partial charge on any atom is 0.342 e. The largest absolute Gasteiger partial charge is 0.458 e. The molecule has 0 aliphatic carbocycles. The lowest BCUT2D eigenvalue weighted by Gasteiger charge is -2.42. The van der Waals surface area contributed by atoms with Crippen LogP contribution in [0, 0.1) is 19.3 Å². The highest BCUT2D eigenvalue weighted by atomic mass is 16.5. The molecule has 0 saturated carbocycles. The van der Waals surface area contributed by atoms with E-state index in [9.17, 15) is 14.4 Å². The monoisotopic (exact) mass is 402 g/mol. The summed E-state index contributed by atoms with van der Waals surface area (Å²) in [5.74, 6) is -0.556. The molecule has 1 aliphatic heterocycles. The normalized spacial score (nSPS) is 17.1. The summed E-state index contributed by atoms with van der Waals surface area (Å²) in [5.41, 5.74) is 0.0170. The van der Waals surface area contributed by atoms with Gasteiger partial charge in [0.1, 0.15) is 23.7 Å². The minimum Gasteiger partial charge on any atom is -0.458 e. The van der Waals surface area contributed by atoms with Gasteiger partial charge < -0.3 is 14.5 Å². The van der Waals surface area contributed by atoms with Gasteiger partial charge in [-0.05, 0) is 20.8 Å². The molecular formula is C21H30N4O4. The third-order valence-corrected chi connectivity index (χ3v) is 4.76. The van der Waals surface area contributed by atoms with Crippen LogP contribution in [0.15, 0.2) is 12.7 Å². The Labute approximate surface area is 171 Å². The van der Waals surface area contributed by atoms with Crippen LogP contribution in [0.2, 0.25) is 0 Å². The number of rotatable bonds is 4. The van der Waals surface area contributed by atoms with Crippen LogP contribution < -0.4 is 0 Å². The van der Waals surface area contributed by atoms with Crippen molar-refractivity contribution in [2.75, 3.05) is 26.2 Å². The van der Waals surface area contributed by atoms with Crippen LogP contribution >= 0.6 is 0 Å². The summed E-state index contributed by atoms with van der Waals surface area (Å²) in [6, 6.07) is -0.139. The number of hydrogen-bond acceptors (Lipinski definition) is 6. The number of nitrogens with zero attached hydrogens (tertiary/aromatic N) is 4. The van der Waals surface area contributed by atoms with E-state index in [1.165, 1.54) is 6.08 Å². The highest BCUT2D eigenvalue weighted by molar-refractivity contribution is 6.04. The smallest absolute Gasteiger partial charge is 0.342 e. The number of ether oxygens (including phenoxy) is 1. The Bertz CT molecular complexity index is 829. The molecule has 2 amide bonds. The Morgan fingerprint density at radius 2 is 1.86 bits per heavy atom. The van der Waals surface area contributed by atoms with Crippen molar-refractivity contribution in [1.82, 2.24) is 19.8 Å².